The van der Waals surface area contributed by atoms with Gasteiger partial charge in [-0.2, -0.15) is 0 Å². The lowest BCUT2D eigenvalue weighted by molar-refractivity contribution is 0.476. The maximum Gasteiger partial charge on any atom is 0.278 e. The van der Waals surface area contributed by atoms with Crippen LogP contribution < -0.4 is 16.4 Å². The highest BCUT2D eigenvalue weighted by molar-refractivity contribution is 5.96. The molecular weight excluding hydrogens is 394 g/mol. The zero-order valence-electron chi connectivity index (χ0n) is 16.8. The van der Waals surface area contributed by atoms with E-state index < -0.39 is 11.1 Å². The van der Waals surface area contributed by atoms with Crippen molar-refractivity contribution < 1.29 is 10.2 Å². The van der Waals surface area contributed by atoms with Gasteiger partial charge in [-0.25, -0.2) is 0 Å². The molecule has 0 bridgehead atoms. The average Bonchev–Trinajstić information content (AvgIpc) is 2.80. The molecule has 6 rings (SSSR count). The van der Waals surface area contributed by atoms with Crippen molar-refractivity contribution in [2.75, 3.05) is 5.32 Å². The Kier molecular flexibility index (Phi) is 3.72. The molecule has 0 radical (unpaired) electrons. The molecule has 4 heterocycles. The van der Waals surface area contributed by atoms with Crippen LogP contribution >= 0.6 is 0 Å². The van der Waals surface area contributed by atoms with Gasteiger partial charge in [0.2, 0.25) is 0 Å². The lowest BCUT2D eigenvalue weighted by atomic mass is 9.99. The van der Waals surface area contributed by atoms with E-state index in [9.17, 15) is 19.8 Å². The minimum absolute atomic E-state index is 0.0851. The van der Waals surface area contributed by atoms with Crippen LogP contribution in [0.1, 0.15) is 24.0 Å². The second kappa shape index (κ2) is 6.38. The van der Waals surface area contributed by atoms with Gasteiger partial charge in [-0.1, -0.05) is 24.3 Å². The maximum absolute atomic E-state index is 13.3. The predicted molar refractivity (Wildman–Crippen MR) is 120 cm³/mol. The summed E-state index contributed by atoms with van der Waals surface area (Å²) in [4.78, 5) is 26.6. The second-order valence-electron chi connectivity index (χ2n) is 8.32. The number of anilines is 2. The molecule has 7 heteroatoms. The molecule has 2 aromatic carbocycles. The van der Waals surface area contributed by atoms with Crippen molar-refractivity contribution >= 4 is 33.2 Å². The van der Waals surface area contributed by atoms with Crippen molar-refractivity contribution in [1.82, 2.24) is 9.13 Å². The minimum Gasteiger partial charge on any atom is -0.505 e. The van der Waals surface area contributed by atoms with Gasteiger partial charge >= 0.3 is 0 Å². The summed E-state index contributed by atoms with van der Waals surface area (Å²) >= 11 is 0. The molecule has 31 heavy (non-hydrogen) atoms. The Labute approximate surface area is 176 Å². The molecule has 0 saturated heterocycles. The molecule has 0 saturated carbocycles. The van der Waals surface area contributed by atoms with Gasteiger partial charge in [0.1, 0.15) is 11.4 Å². The van der Waals surface area contributed by atoms with Crippen molar-refractivity contribution in [3.05, 3.63) is 68.2 Å². The molecule has 156 valence electrons. The number of benzene rings is 2. The molecule has 7 nitrogen and oxygen atoms in total. The summed E-state index contributed by atoms with van der Waals surface area (Å²) in [5.74, 6) is -0.405. The number of para-hydroxylation sites is 2. The van der Waals surface area contributed by atoms with Gasteiger partial charge < -0.3 is 24.7 Å². The topological polar surface area (TPSA) is 96.5 Å². The van der Waals surface area contributed by atoms with E-state index in [0.29, 0.717) is 23.9 Å². The molecule has 2 aliphatic rings. The lowest BCUT2D eigenvalue weighted by Crippen LogP contribution is -2.30. The van der Waals surface area contributed by atoms with E-state index in [1.807, 2.05) is 24.3 Å². The van der Waals surface area contributed by atoms with Crippen molar-refractivity contribution in [1.29, 1.82) is 0 Å². The van der Waals surface area contributed by atoms with Crippen LogP contribution in [0.5, 0.6) is 11.5 Å². The Morgan fingerprint density at radius 2 is 1.16 bits per heavy atom. The van der Waals surface area contributed by atoms with E-state index in [0.717, 1.165) is 47.8 Å². The Balaban J connectivity index is 1.63. The number of hydrogen-bond donors (Lipinski definition) is 3. The molecular formula is C24H21N3O4. The summed E-state index contributed by atoms with van der Waals surface area (Å²) in [5.41, 5.74) is 2.55. The first-order chi connectivity index (χ1) is 15.1. The van der Waals surface area contributed by atoms with Crippen molar-refractivity contribution in [3.63, 3.8) is 0 Å². The Morgan fingerprint density at radius 1 is 0.710 bits per heavy atom. The van der Waals surface area contributed by atoms with Crippen LogP contribution in [0, 0.1) is 0 Å². The minimum atomic E-state index is -0.400. The summed E-state index contributed by atoms with van der Waals surface area (Å²) in [6, 6.07) is 11.2. The smallest absolute Gasteiger partial charge is 0.278 e. The third kappa shape index (κ3) is 2.40. The quantitative estimate of drug-likeness (QED) is 0.467. The zero-order valence-corrected chi connectivity index (χ0v) is 16.8. The van der Waals surface area contributed by atoms with E-state index in [1.54, 1.807) is 21.3 Å². The fourth-order valence-corrected chi connectivity index (χ4v) is 5.18. The van der Waals surface area contributed by atoms with Gasteiger partial charge in [0.15, 0.2) is 11.5 Å². The van der Waals surface area contributed by atoms with Gasteiger partial charge in [-0.3, -0.25) is 9.59 Å². The van der Waals surface area contributed by atoms with Crippen molar-refractivity contribution in [2.24, 2.45) is 0 Å². The second-order valence-corrected chi connectivity index (χ2v) is 8.32. The van der Waals surface area contributed by atoms with E-state index >= 15 is 0 Å². The summed E-state index contributed by atoms with van der Waals surface area (Å²) < 4.78 is 3.29. The van der Waals surface area contributed by atoms with Crippen molar-refractivity contribution in [2.45, 2.75) is 38.8 Å². The molecule has 4 aromatic rings. The number of aryl methyl sites for hydroxylation is 4. The van der Waals surface area contributed by atoms with E-state index in [2.05, 4.69) is 5.32 Å². The van der Waals surface area contributed by atoms with Crippen LogP contribution in [-0.4, -0.2) is 19.3 Å². The Bertz CT molecular complexity index is 1420. The van der Waals surface area contributed by atoms with Crippen LogP contribution in [0.3, 0.4) is 0 Å². The van der Waals surface area contributed by atoms with E-state index in [4.69, 9.17) is 0 Å². The highest BCUT2D eigenvalue weighted by Gasteiger charge is 2.25. The Hall–Kier alpha value is -3.74. The number of pyridine rings is 2. The van der Waals surface area contributed by atoms with E-state index in [-0.39, 0.29) is 22.9 Å². The van der Waals surface area contributed by atoms with Crippen LogP contribution in [0.25, 0.3) is 21.8 Å². The fraction of sp³-hybridized carbons (Fsp3) is 0.250. The molecule has 2 aromatic heterocycles. The Morgan fingerprint density at radius 3 is 1.61 bits per heavy atom. The highest BCUT2D eigenvalue weighted by atomic mass is 16.3. The molecule has 3 N–H and O–H groups in total. The number of nitrogens with zero attached hydrogens (tertiary/aromatic N) is 2. The SMILES string of the molecule is O=c1c(Nc2c(O)c3cccc4c3n(c2=O)CCC4)c(O)c2cccc3c2n1CCC3. The predicted octanol–water partition coefficient (Wildman–Crippen LogP) is 3.36. The molecule has 0 unspecified atom stereocenters. The third-order valence-electron chi connectivity index (χ3n) is 6.59. The first-order valence-electron chi connectivity index (χ1n) is 10.6. The highest BCUT2D eigenvalue weighted by Crippen LogP contribution is 2.38. The first-order valence-corrected chi connectivity index (χ1v) is 10.6. The molecule has 0 amide bonds. The van der Waals surface area contributed by atoms with Gasteiger partial charge in [0.05, 0.1) is 11.0 Å². The number of rotatable bonds is 2. The molecule has 2 aliphatic heterocycles. The molecule has 0 fully saturated rings. The first kappa shape index (κ1) is 18.1. The normalized spacial score (nSPS) is 14.8. The summed E-state index contributed by atoms with van der Waals surface area (Å²) in [6.45, 7) is 1.08. The number of aromatic hydroxyl groups is 2. The largest absolute Gasteiger partial charge is 0.505 e. The monoisotopic (exact) mass is 415 g/mol. The van der Waals surface area contributed by atoms with Gasteiger partial charge in [0, 0.05) is 23.9 Å². The van der Waals surface area contributed by atoms with Crippen molar-refractivity contribution in [3.8, 4) is 11.5 Å². The number of aromatic nitrogens is 2. The zero-order chi connectivity index (χ0) is 21.3. The van der Waals surface area contributed by atoms with E-state index in [1.165, 1.54) is 0 Å². The van der Waals surface area contributed by atoms with Gasteiger partial charge in [-0.15, -0.1) is 0 Å². The summed E-state index contributed by atoms with van der Waals surface area (Å²) in [7, 11) is 0. The lowest BCUT2D eigenvalue weighted by Gasteiger charge is -2.23. The third-order valence-corrected chi connectivity index (χ3v) is 6.59. The summed E-state index contributed by atoms with van der Waals surface area (Å²) in [5, 5.41) is 25.9. The molecule has 0 aliphatic carbocycles. The van der Waals surface area contributed by atoms with Crippen LogP contribution in [0.2, 0.25) is 0 Å². The molecule has 0 spiro atoms. The van der Waals surface area contributed by atoms with Crippen LogP contribution in [-0.2, 0) is 25.9 Å². The molecule has 0 atom stereocenters. The van der Waals surface area contributed by atoms with Gasteiger partial charge in [0.25, 0.3) is 11.1 Å². The summed E-state index contributed by atoms with van der Waals surface area (Å²) in [6.07, 6.45) is 3.35. The average molecular weight is 415 g/mol. The maximum atomic E-state index is 13.3. The number of nitrogens with one attached hydrogen (secondary N) is 1. The van der Waals surface area contributed by atoms with Crippen LogP contribution in [0.15, 0.2) is 46.0 Å². The number of hydrogen-bond acceptors (Lipinski definition) is 5. The van der Waals surface area contributed by atoms with Gasteiger partial charge in [-0.05, 0) is 48.9 Å². The van der Waals surface area contributed by atoms with Crippen LogP contribution in [0.4, 0.5) is 11.4 Å². The fourth-order valence-electron chi connectivity index (χ4n) is 5.18. The standard InChI is InChI=1S/C24H21N3O4/c28-21-15-9-1-5-13-7-3-11-26(19(13)15)23(30)17(21)25-18-22(29)16-10-2-6-14-8-4-12-27(20(14)16)24(18)31/h1-2,5-6,9-10,25,28-29H,3-4,7-8,11-12H2.